The fraction of sp³-hybridized carbons (Fsp3) is 0.552. The Balaban J connectivity index is 1.66. The molecule has 0 bridgehead atoms. The lowest BCUT2D eigenvalue weighted by Gasteiger charge is -2.44. The van der Waals surface area contributed by atoms with Gasteiger partial charge < -0.3 is 9.88 Å². The highest BCUT2D eigenvalue weighted by atomic mass is 16.1. The van der Waals surface area contributed by atoms with Crippen LogP contribution in [0.25, 0.3) is 5.57 Å². The zero-order valence-electron chi connectivity index (χ0n) is 21.9. The summed E-state index contributed by atoms with van der Waals surface area (Å²) in [7, 11) is 0. The van der Waals surface area contributed by atoms with E-state index in [0.717, 1.165) is 57.5 Å². The first-order valence-electron chi connectivity index (χ1n) is 12.9. The molecule has 6 nitrogen and oxygen atoms in total. The molecule has 1 saturated heterocycles. The van der Waals surface area contributed by atoms with Crippen LogP contribution < -0.4 is 0 Å². The van der Waals surface area contributed by atoms with E-state index in [4.69, 9.17) is 5.26 Å². The first kappa shape index (κ1) is 25.3. The summed E-state index contributed by atoms with van der Waals surface area (Å²) in [6.07, 6.45) is 7.28. The average Bonchev–Trinajstić information content (AvgIpc) is 3.34. The monoisotopic (exact) mass is 473 g/mol. The molecule has 6 heteroatoms. The minimum atomic E-state index is -0.0906. The minimum Gasteiger partial charge on any atom is -0.327 e. The number of hydrogen-bond acceptors (Lipinski definition) is 5. The largest absolute Gasteiger partial charge is 0.327 e. The molecule has 4 rings (SSSR count). The van der Waals surface area contributed by atoms with E-state index in [0.29, 0.717) is 11.1 Å². The van der Waals surface area contributed by atoms with Crippen molar-refractivity contribution in [2.45, 2.75) is 65.8 Å². The molecular formula is C29H39N5O. The van der Waals surface area contributed by atoms with E-state index in [-0.39, 0.29) is 23.6 Å². The number of allylic oxidation sites excluding steroid dienone is 2. The van der Waals surface area contributed by atoms with E-state index in [2.05, 4.69) is 78.7 Å². The zero-order valence-corrected chi connectivity index (χ0v) is 21.9. The number of benzene rings is 1. The van der Waals surface area contributed by atoms with Gasteiger partial charge in [-0.2, -0.15) is 5.26 Å². The lowest BCUT2D eigenvalue weighted by atomic mass is 9.75. The standard InChI is InChI=1S/C29H39N5O/c1-6-33-13-15-34(16-14-33)29(4,5)23-8-7-22(17-26(35)27-31-20-24(19-30)32-27)25(18-23)21-9-11-28(2,3)12-10-21/h7-9,18,20H,6,10-17H2,1-5H3,(H,31,32). The van der Waals surface area contributed by atoms with Crippen LogP contribution in [0.4, 0.5) is 0 Å². The van der Waals surface area contributed by atoms with Gasteiger partial charge in [0.25, 0.3) is 0 Å². The van der Waals surface area contributed by atoms with E-state index in [1.165, 1.54) is 22.9 Å². The molecular weight excluding hydrogens is 434 g/mol. The molecule has 186 valence electrons. The predicted octanol–water partition coefficient (Wildman–Crippen LogP) is 5.17. The highest BCUT2D eigenvalue weighted by molar-refractivity contribution is 5.95. The Hall–Kier alpha value is -2.75. The van der Waals surface area contributed by atoms with E-state index >= 15 is 0 Å². The predicted molar refractivity (Wildman–Crippen MR) is 140 cm³/mol. The van der Waals surface area contributed by atoms with Crippen molar-refractivity contribution < 1.29 is 4.79 Å². The molecule has 1 aromatic heterocycles. The normalized spacial score (nSPS) is 19.3. The van der Waals surface area contributed by atoms with Crippen molar-refractivity contribution in [2.75, 3.05) is 32.7 Å². The summed E-state index contributed by atoms with van der Waals surface area (Å²) >= 11 is 0. The molecule has 0 spiro atoms. The van der Waals surface area contributed by atoms with Crippen molar-refractivity contribution in [1.82, 2.24) is 19.8 Å². The minimum absolute atomic E-state index is 0.0890. The topological polar surface area (TPSA) is 76.0 Å². The number of imidazole rings is 1. The van der Waals surface area contributed by atoms with Crippen LogP contribution in [0.2, 0.25) is 0 Å². The summed E-state index contributed by atoms with van der Waals surface area (Å²) in [6.45, 7) is 17.0. The van der Waals surface area contributed by atoms with E-state index in [9.17, 15) is 4.79 Å². The fourth-order valence-electron chi connectivity index (χ4n) is 5.31. The number of carbonyl (C=O) groups is 1. The molecule has 0 radical (unpaired) electrons. The second-order valence-electron chi connectivity index (χ2n) is 11.3. The van der Waals surface area contributed by atoms with E-state index in [1.807, 2.05) is 6.07 Å². The number of Topliss-reactive ketones (excluding diaryl/α,β-unsaturated/α-hetero) is 1. The van der Waals surface area contributed by atoms with Gasteiger partial charge in [-0.25, -0.2) is 4.98 Å². The van der Waals surface area contributed by atoms with Gasteiger partial charge in [-0.3, -0.25) is 9.69 Å². The Morgan fingerprint density at radius 2 is 1.97 bits per heavy atom. The van der Waals surface area contributed by atoms with Gasteiger partial charge in [0.1, 0.15) is 11.8 Å². The maximum absolute atomic E-state index is 13.0. The SMILES string of the molecule is CCN1CCN(C(C)(C)c2ccc(CC(=O)c3ncc(C#N)[nH]3)c(C3=CCC(C)(C)CC3)c2)CC1. The van der Waals surface area contributed by atoms with Crippen LogP contribution in [0, 0.1) is 16.7 Å². The lowest BCUT2D eigenvalue weighted by molar-refractivity contribution is 0.0527. The number of carbonyl (C=O) groups excluding carboxylic acids is 1. The van der Waals surface area contributed by atoms with Gasteiger partial charge in [-0.1, -0.05) is 39.0 Å². The Morgan fingerprint density at radius 1 is 1.23 bits per heavy atom. The molecule has 2 aromatic rings. The molecule has 0 atom stereocenters. The summed E-state index contributed by atoms with van der Waals surface area (Å²) < 4.78 is 0. The van der Waals surface area contributed by atoms with Gasteiger partial charge in [0, 0.05) is 38.1 Å². The average molecular weight is 474 g/mol. The third-order valence-electron chi connectivity index (χ3n) is 8.06. The highest BCUT2D eigenvalue weighted by Gasteiger charge is 2.32. The van der Waals surface area contributed by atoms with Crippen LogP contribution in [0.1, 0.15) is 86.9 Å². The molecule has 1 aromatic carbocycles. The third kappa shape index (κ3) is 5.58. The maximum Gasteiger partial charge on any atom is 0.202 e. The van der Waals surface area contributed by atoms with Crippen LogP contribution in [0.3, 0.4) is 0 Å². The van der Waals surface area contributed by atoms with Crippen LogP contribution >= 0.6 is 0 Å². The van der Waals surface area contributed by atoms with E-state index in [1.54, 1.807) is 0 Å². The Bertz CT molecular complexity index is 1140. The Morgan fingerprint density at radius 3 is 2.57 bits per heavy atom. The highest BCUT2D eigenvalue weighted by Crippen LogP contribution is 2.40. The van der Waals surface area contributed by atoms with Crippen LogP contribution in [-0.2, 0) is 12.0 Å². The first-order valence-corrected chi connectivity index (χ1v) is 12.9. The number of aromatic amines is 1. The molecule has 1 fully saturated rings. The smallest absolute Gasteiger partial charge is 0.202 e. The Labute approximate surface area is 210 Å². The zero-order chi connectivity index (χ0) is 25.2. The molecule has 2 heterocycles. The number of aromatic nitrogens is 2. The summed E-state index contributed by atoms with van der Waals surface area (Å²) in [5.41, 5.74) is 5.41. The summed E-state index contributed by atoms with van der Waals surface area (Å²) in [5, 5.41) is 9.08. The van der Waals surface area contributed by atoms with Gasteiger partial charge >= 0.3 is 0 Å². The van der Waals surface area contributed by atoms with Crippen molar-refractivity contribution >= 4 is 11.4 Å². The van der Waals surface area contributed by atoms with Crippen molar-refractivity contribution in [3.63, 3.8) is 0 Å². The quantitative estimate of drug-likeness (QED) is 0.561. The number of nitrogens with one attached hydrogen (secondary N) is 1. The number of hydrogen-bond donors (Lipinski definition) is 1. The fourth-order valence-corrected chi connectivity index (χ4v) is 5.31. The van der Waals surface area contributed by atoms with Crippen LogP contribution in [-0.4, -0.2) is 58.3 Å². The second kappa shape index (κ2) is 10.1. The number of H-pyrrole nitrogens is 1. The summed E-state index contributed by atoms with van der Waals surface area (Å²) in [4.78, 5) is 25.1. The lowest BCUT2D eigenvalue weighted by Crippen LogP contribution is -2.53. The van der Waals surface area contributed by atoms with Gasteiger partial charge in [-0.05, 0) is 73.4 Å². The molecule has 1 aliphatic heterocycles. The summed E-state index contributed by atoms with van der Waals surface area (Å²) in [6, 6.07) is 8.69. The molecule has 35 heavy (non-hydrogen) atoms. The van der Waals surface area contributed by atoms with Gasteiger partial charge in [-0.15, -0.1) is 0 Å². The van der Waals surface area contributed by atoms with E-state index < -0.39 is 0 Å². The van der Waals surface area contributed by atoms with Crippen molar-refractivity contribution in [1.29, 1.82) is 5.26 Å². The first-order chi connectivity index (χ1) is 16.6. The van der Waals surface area contributed by atoms with Crippen molar-refractivity contribution in [2.24, 2.45) is 5.41 Å². The van der Waals surface area contributed by atoms with Crippen LogP contribution in [0.5, 0.6) is 0 Å². The maximum atomic E-state index is 13.0. The van der Waals surface area contributed by atoms with Gasteiger partial charge in [0.15, 0.2) is 5.82 Å². The number of piperazine rings is 1. The number of ketones is 1. The van der Waals surface area contributed by atoms with Crippen molar-refractivity contribution in [3.8, 4) is 6.07 Å². The summed E-state index contributed by atoms with van der Waals surface area (Å²) in [5.74, 6) is 0.164. The molecule has 0 unspecified atom stereocenters. The van der Waals surface area contributed by atoms with Gasteiger partial charge in [0.05, 0.1) is 6.20 Å². The third-order valence-corrected chi connectivity index (χ3v) is 8.06. The number of likely N-dealkylation sites (N-methyl/N-ethyl adjacent to an activating group) is 1. The molecule has 1 aliphatic carbocycles. The number of rotatable bonds is 7. The molecule has 2 aliphatic rings. The number of nitrogens with zero attached hydrogens (tertiary/aromatic N) is 4. The molecule has 1 N–H and O–H groups in total. The second-order valence-corrected chi connectivity index (χ2v) is 11.3. The Kier molecular flexibility index (Phi) is 7.30. The molecule has 0 saturated carbocycles. The van der Waals surface area contributed by atoms with Gasteiger partial charge in [0.2, 0.25) is 5.78 Å². The molecule has 0 amide bonds. The number of nitriles is 1. The van der Waals surface area contributed by atoms with Crippen molar-refractivity contribution in [3.05, 3.63) is 58.7 Å². The van der Waals surface area contributed by atoms with Crippen LogP contribution in [0.15, 0.2) is 30.5 Å².